The Morgan fingerprint density at radius 3 is 2.71 bits per heavy atom. The fourth-order valence-corrected chi connectivity index (χ4v) is 1.66. The van der Waals surface area contributed by atoms with Gasteiger partial charge < -0.3 is 16.3 Å². The number of hydrogen-bond acceptors (Lipinski definition) is 3. The van der Waals surface area contributed by atoms with Gasteiger partial charge in [0.2, 0.25) is 0 Å². The summed E-state index contributed by atoms with van der Waals surface area (Å²) < 4.78 is 0. The predicted octanol–water partition coefficient (Wildman–Crippen LogP) is 2.25. The third kappa shape index (κ3) is 5.36. The maximum atomic E-state index is 8.38. The lowest BCUT2D eigenvalue weighted by atomic mass is 10.1. The van der Waals surface area contributed by atoms with Crippen LogP contribution in [0.5, 0.6) is 0 Å². The molecule has 0 saturated carbocycles. The van der Waals surface area contributed by atoms with E-state index in [1.54, 1.807) is 0 Å². The molecule has 17 heavy (non-hydrogen) atoms. The Bertz CT molecular complexity index is 338. The van der Waals surface area contributed by atoms with Gasteiger partial charge in [0.05, 0.1) is 0 Å². The van der Waals surface area contributed by atoms with E-state index in [0.29, 0.717) is 18.3 Å². The zero-order valence-corrected chi connectivity index (χ0v) is 10.3. The van der Waals surface area contributed by atoms with Gasteiger partial charge in [-0.25, -0.2) is 0 Å². The van der Waals surface area contributed by atoms with Crippen molar-refractivity contribution in [3.8, 4) is 0 Å². The molecule has 0 aliphatic carbocycles. The van der Waals surface area contributed by atoms with Crippen molar-refractivity contribution in [2.24, 2.45) is 10.9 Å². The van der Waals surface area contributed by atoms with Crippen LogP contribution in [0, 0.1) is 0 Å². The molecule has 0 heterocycles. The molecule has 4 N–H and O–H groups in total. The third-order valence-corrected chi connectivity index (χ3v) is 2.74. The van der Waals surface area contributed by atoms with E-state index >= 15 is 0 Å². The van der Waals surface area contributed by atoms with Crippen molar-refractivity contribution >= 4 is 5.84 Å². The molecular formula is C13H21N3O. The molecule has 0 amide bonds. The minimum atomic E-state index is 0.307. The number of amidine groups is 1. The molecule has 0 fully saturated rings. The number of nitrogens with two attached hydrogens (primary N) is 1. The first-order valence-electron chi connectivity index (χ1n) is 5.98. The van der Waals surface area contributed by atoms with Crippen LogP contribution in [0.15, 0.2) is 35.5 Å². The first-order chi connectivity index (χ1) is 8.24. The van der Waals surface area contributed by atoms with Gasteiger partial charge in [-0.3, -0.25) is 0 Å². The van der Waals surface area contributed by atoms with Crippen LogP contribution >= 0.6 is 0 Å². The highest BCUT2D eigenvalue weighted by Crippen LogP contribution is 2.10. The minimum absolute atomic E-state index is 0.307. The average Bonchev–Trinajstić information content (AvgIpc) is 2.38. The summed E-state index contributed by atoms with van der Waals surface area (Å²) in [6, 6.07) is 10.7. The van der Waals surface area contributed by atoms with Crippen molar-refractivity contribution in [2.45, 2.75) is 32.2 Å². The Labute approximate surface area is 103 Å². The summed E-state index contributed by atoms with van der Waals surface area (Å²) in [7, 11) is 0. The number of benzene rings is 1. The number of oxime groups is 1. The highest BCUT2D eigenvalue weighted by Gasteiger charge is 2.02. The Kier molecular flexibility index (Phi) is 6.10. The van der Waals surface area contributed by atoms with Crippen LogP contribution in [-0.2, 0) is 0 Å². The van der Waals surface area contributed by atoms with E-state index in [9.17, 15) is 0 Å². The van der Waals surface area contributed by atoms with E-state index in [4.69, 9.17) is 10.9 Å². The largest absolute Gasteiger partial charge is 0.409 e. The van der Waals surface area contributed by atoms with Gasteiger partial charge in [0.15, 0.2) is 0 Å². The summed E-state index contributed by atoms with van der Waals surface area (Å²) in [5.41, 5.74) is 6.68. The number of rotatable bonds is 7. The normalized spacial score (nSPS) is 13.6. The quantitative estimate of drug-likeness (QED) is 0.223. The van der Waals surface area contributed by atoms with Crippen molar-refractivity contribution in [1.82, 2.24) is 5.32 Å². The number of unbranched alkanes of at least 4 members (excludes halogenated alkanes) is 1. The molecule has 1 aromatic rings. The summed E-state index contributed by atoms with van der Waals surface area (Å²) in [6.45, 7) is 3.09. The van der Waals surface area contributed by atoms with Gasteiger partial charge >= 0.3 is 0 Å². The number of hydrogen-bond donors (Lipinski definition) is 3. The summed E-state index contributed by atoms with van der Waals surface area (Å²) >= 11 is 0. The molecular weight excluding hydrogens is 214 g/mol. The number of nitrogens with one attached hydrogen (secondary N) is 1. The Balaban J connectivity index is 2.15. The van der Waals surface area contributed by atoms with Crippen molar-refractivity contribution in [1.29, 1.82) is 0 Å². The van der Waals surface area contributed by atoms with Crippen LogP contribution in [0.2, 0.25) is 0 Å². The first kappa shape index (κ1) is 13.5. The second-order valence-corrected chi connectivity index (χ2v) is 4.13. The topological polar surface area (TPSA) is 70.6 Å². The van der Waals surface area contributed by atoms with E-state index < -0.39 is 0 Å². The third-order valence-electron chi connectivity index (χ3n) is 2.74. The molecule has 4 heteroatoms. The molecule has 0 spiro atoms. The predicted molar refractivity (Wildman–Crippen MR) is 70.1 cm³/mol. The van der Waals surface area contributed by atoms with Crippen LogP contribution in [0.1, 0.15) is 37.8 Å². The molecule has 4 nitrogen and oxygen atoms in total. The van der Waals surface area contributed by atoms with E-state index in [0.717, 1.165) is 19.4 Å². The van der Waals surface area contributed by atoms with Crippen LogP contribution in [-0.4, -0.2) is 17.6 Å². The molecule has 0 bridgehead atoms. The van der Waals surface area contributed by atoms with Crippen LogP contribution in [0.4, 0.5) is 0 Å². The highest BCUT2D eigenvalue weighted by atomic mass is 16.4. The van der Waals surface area contributed by atoms with Gasteiger partial charge in [0.1, 0.15) is 5.84 Å². The molecule has 0 aliphatic heterocycles. The maximum absolute atomic E-state index is 8.38. The molecule has 0 radical (unpaired) electrons. The van der Waals surface area contributed by atoms with E-state index in [2.05, 4.69) is 29.5 Å². The average molecular weight is 235 g/mol. The fraction of sp³-hybridized carbons (Fsp3) is 0.462. The summed E-state index contributed by atoms with van der Waals surface area (Å²) in [5, 5.41) is 14.8. The van der Waals surface area contributed by atoms with E-state index in [1.165, 1.54) is 5.56 Å². The van der Waals surface area contributed by atoms with Crippen molar-refractivity contribution in [3.63, 3.8) is 0 Å². The number of nitrogens with zero attached hydrogens (tertiary/aromatic N) is 1. The first-order valence-corrected chi connectivity index (χ1v) is 5.98. The van der Waals surface area contributed by atoms with Crippen molar-refractivity contribution < 1.29 is 5.21 Å². The molecule has 1 aromatic carbocycles. The van der Waals surface area contributed by atoms with E-state index in [-0.39, 0.29) is 0 Å². The Hall–Kier alpha value is -1.55. The van der Waals surface area contributed by atoms with Crippen LogP contribution < -0.4 is 11.1 Å². The van der Waals surface area contributed by atoms with Crippen LogP contribution in [0.25, 0.3) is 0 Å². The standard InChI is InChI=1S/C13H21N3O/c1-11(12-7-3-2-4-8-12)15-10-6-5-9-13(14)16-17/h2-4,7-8,11,15,17H,5-6,9-10H2,1H3,(H2,14,16)/t11-/m0/s1. The van der Waals surface area contributed by atoms with Gasteiger partial charge in [-0.2, -0.15) is 0 Å². The lowest BCUT2D eigenvalue weighted by molar-refractivity contribution is 0.316. The second-order valence-electron chi connectivity index (χ2n) is 4.13. The van der Waals surface area contributed by atoms with Crippen LogP contribution in [0.3, 0.4) is 0 Å². The molecule has 1 rings (SSSR count). The second kappa shape index (κ2) is 7.68. The van der Waals surface area contributed by atoms with Gasteiger partial charge in [0.25, 0.3) is 0 Å². The summed E-state index contributed by atoms with van der Waals surface area (Å²) in [5.74, 6) is 0.307. The van der Waals surface area contributed by atoms with Gasteiger partial charge in [-0.1, -0.05) is 35.5 Å². The molecule has 0 unspecified atom stereocenters. The lowest BCUT2D eigenvalue weighted by Crippen LogP contribution is -2.20. The van der Waals surface area contributed by atoms with Crippen molar-refractivity contribution in [2.75, 3.05) is 6.54 Å². The Morgan fingerprint density at radius 1 is 1.35 bits per heavy atom. The molecule has 0 aliphatic rings. The highest BCUT2D eigenvalue weighted by molar-refractivity contribution is 5.79. The monoisotopic (exact) mass is 235 g/mol. The van der Waals surface area contributed by atoms with Crippen molar-refractivity contribution in [3.05, 3.63) is 35.9 Å². The lowest BCUT2D eigenvalue weighted by Gasteiger charge is -2.13. The summed E-state index contributed by atoms with van der Waals surface area (Å²) in [4.78, 5) is 0. The minimum Gasteiger partial charge on any atom is -0.409 e. The van der Waals surface area contributed by atoms with E-state index in [1.807, 2.05) is 18.2 Å². The zero-order chi connectivity index (χ0) is 12.5. The Morgan fingerprint density at radius 2 is 2.06 bits per heavy atom. The maximum Gasteiger partial charge on any atom is 0.139 e. The smallest absolute Gasteiger partial charge is 0.139 e. The molecule has 0 aromatic heterocycles. The summed E-state index contributed by atoms with van der Waals surface area (Å²) in [6.07, 6.45) is 2.61. The zero-order valence-electron chi connectivity index (χ0n) is 10.3. The van der Waals surface area contributed by atoms with Gasteiger partial charge in [0, 0.05) is 12.5 Å². The molecule has 94 valence electrons. The van der Waals surface area contributed by atoms with Gasteiger partial charge in [-0.05, 0) is 31.9 Å². The fourth-order valence-electron chi connectivity index (χ4n) is 1.66. The molecule has 0 saturated heterocycles. The molecule has 1 atom stereocenters. The SMILES string of the molecule is C[C@H](NCCCCC(N)=NO)c1ccccc1. The van der Waals surface area contributed by atoms with Gasteiger partial charge in [-0.15, -0.1) is 0 Å².